The number of nitrogens with zero attached hydrogens (tertiary/aromatic N) is 2. The number of carbonyl (C=O) groups is 2. The molecule has 3 heterocycles. The molecule has 10 nitrogen and oxygen atoms in total. The number of hydrogen-bond acceptors (Lipinski definition) is 8. The average molecular weight is 425 g/mol. The number of rotatable bonds is 6. The van der Waals surface area contributed by atoms with Crippen LogP contribution < -0.4 is 5.32 Å². The minimum atomic E-state index is -3.90. The number of hydrogen-bond donors (Lipinski definition) is 1. The lowest BCUT2D eigenvalue weighted by molar-refractivity contribution is -0.120. The van der Waals surface area contributed by atoms with Crippen molar-refractivity contribution in [1.82, 2.24) is 9.46 Å². The van der Waals surface area contributed by atoms with Gasteiger partial charge in [0.2, 0.25) is 16.8 Å². The molecule has 0 aromatic carbocycles. The Morgan fingerprint density at radius 1 is 1.28 bits per heavy atom. The maximum absolute atomic E-state index is 12.8. The molecule has 0 unspecified atom stereocenters. The summed E-state index contributed by atoms with van der Waals surface area (Å²) >= 11 is 0. The van der Waals surface area contributed by atoms with Gasteiger partial charge in [0.15, 0.2) is 5.76 Å². The van der Waals surface area contributed by atoms with Gasteiger partial charge in [0.25, 0.3) is 10.0 Å². The summed E-state index contributed by atoms with van der Waals surface area (Å²) in [5.41, 5.74) is 1.14. The maximum Gasteiger partial charge on any atom is 0.374 e. The van der Waals surface area contributed by atoms with Crippen LogP contribution in [0, 0.1) is 19.8 Å². The van der Waals surface area contributed by atoms with E-state index in [9.17, 15) is 18.0 Å². The second-order valence-electron chi connectivity index (χ2n) is 6.71. The molecule has 2 aromatic rings. The van der Waals surface area contributed by atoms with E-state index in [1.807, 2.05) is 0 Å². The van der Waals surface area contributed by atoms with Crippen molar-refractivity contribution in [1.29, 1.82) is 0 Å². The van der Waals surface area contributed by atoms with Gasteiger partial charge in [-0.1, -0.05) is 5.16 Å². The molecule has 0 spiro atoms. The first-order valence-electron chi connectivity index (χ1n) is 9.25. The van der Waals surface area contributed by atoms with E-state index in [-0.39, 0.29) is 42.4 Å². The summed E-state index contributed by atoms with van der Waals surface area (Å²) in [7, 11) is -3.90. The molecule has 1 amide bonds. The first kappa shape index (κ1) is 21.1. The quantitative estimate of drug-likeness (QED) is 0.696. The van der Waals surface area contributed by atoms with Crippen molar-refractivity contribution in [2.24, 2.45) is 5.92 Å². The van der Waals surface area contributed by atoms with Crippen LogP contribution in [0.3, 0.4) is 0 Å². The molecular formula is C18H23N3O7S. The molecule has 2 aromatic heterocycles. The van der Waals surface area contributed by atoms with E-state index < -0.39 is 16.0 Å². The van der Waals surface area contributed by atoms with Gasteiger partial charge in [-0.25, -0.2) is 13.2 Å². The summed E-state index contributed by atoms with van der Waals surface area (Å²) < 4.78 is 41.8. The van der Waals surface area contributed by atoms with Crippen LogP contribution in [0.15, 0.2) is 26.2 Å². The number of piperidine rings is 1. The zero-order chi connectivity index (χ0) is 21.2. The van der Waals surface area contributed by atoms with E-state index in [2.05, 4.69) is 10.5 Å². The van der Waals surface area contributed by atoms with Crippen LogP contribution in [0.4, 0.5) is 5.69 Å². The Labute approximate surface area is 168 Å². The van der Waals surface area contributed by atoms with E-state index in [4.69, 9.17) is 13.7 Å². The topological polar surface area (TPSA) is 132 Å². The van der Waals surface area contributed by atoms with Crippen LogP contribution in [-0.4, -0.2) is 49.5 Å². The van der Waals surface area contributed by atoms with Crippen LogP contribution >= 0.6 is 0 Å². The first-order valence-corrected chi connectivity index (χ1v) is 10.7. The van der Waals surface area contributed by atoms with Gasteiger partial charge >= 0.3 is 5.97 Å². The lowest BCUT2D eigenvalue weighted by atomic mass is 9.97. The SMILES string of the molecule is CCOC(=O)c1ccc(S(=O)(=O)N2CCC(C(=O)Nc3c(C)noc3C)CC2)o1. The number of ether oxygens (including phenoxy) is 1. The van der Waals surface area contributed by atoms with Gasteiger partial charge in [-0.05, 0) is 45.7 Å². The molecule has 1 fully saturated rings. The highest BCUT2D eigenvalue weighted by Gasteiger charge is 2.34. The number of nitrogens with one attached hydrogen (secondary N) is 1. The molecule has 3 rings (SSSR count). The monoisotopic (exact) mass is 425 g/mol. The van der Waals surface area contributed by atoms with Gasteiger partial charge in [-0.3, -0.25) is 4.79 Å². The molecule has 158 valence electrons. The number of furan rings is 1. The highest BCUT2D eigenvalue weighted by atomic mass is 32.2. The third-order valence-electron chi connectivity index (χ3n) is 4.76. The van der Waals surface area contributed by atoms with Crippen molar-refractivity contribution in [2.45, 2.75) is 38.7 Å². The summed E-state index contributed by atoms with van der Waals surface area (Å²) in [6.45, 7) is 5.57. The number of aromatic nitrogens is 1. The van der Waals surface area contributed by atoms with Crippen LogP contribution in [0.1, 0.15) is 41.8 Å². The number of sulfonamides is 1. The molecule has 0 radical (unpaired) electrons. The molecule has 11 heteroatoms. The largest absolute Gasteiger partial charge is 0.460 e. The number of amides is 1. The zero-order valence-electron chi connectivity index (χ0n) is 16.4. The van der Waals surface area contributed by atoms with Gasteiger partial charge in [-0.15, -0.1) is 0 Å². The summed E-state index contributed by atoms with van der Waals surface area (Å²) in [4.78, 5) is 24.2. The molecule has 29 heavy (non-hydrogen) atoms. The number of carbonyl (C=O) groups excluding carboxylic acids is 2. The van der Waals surface area contributed by atoms with Crippen molar-refractivity contribution in [3.63, 3.8) is 0 Å². The van der Waals surface area contributed by atoms with Crippen LogP contribution in [0.25, 0.3) is 0 Å². The number of aryl methyl sites for hydroxylation is 2. The molecule has 1 saturated heterocycles. The standard InChI is InChI=1S/C18H23N3O7S/c1-4-26-18(23)14-5-6-15(27-14)29(24,25)21-9-7-13(8-10-21)17(22)19-16-11(2)20-28-12(16)3/h5-6,13H,4,7-10H2,1-3H3,(H,19,22). The molecule has 0 saturated carbocycles. The van der Waals surface area contributed by atoms with Crippen molar-refractivity contribution < 1.29 is 31.7 Å². The maximum atomic E-state index is 12.8. The predicted octanol–water partition coefficient (Wildman–Crippen LogP) is 2.10. The Hall–Kier alpha value is -2.66. The van der Waals surface area contributed by atoms with Crippen molar-refractivity contribution in [2.75, 3.05) is 25.0 Å². The first-order chi connectivity index (χ1) is 13.7. The van der Waals surface area contributed by atoms with E-state index in [1.54, 1.807) is 20.8 Å². The normalized spacial score (nSPS) is 16.0. The third kappa shape index (κ3) is 4.35. The third-order valence-corrected chi connectivity index (χ3v) is 6.53. The minimum Gasteiger partial charge on any atom is -0.460 e. The van der Waals surface area contributed by atoms with E-state index >= 15 is 0 Å². The van der Waals surface area contributed by atoms with E-state index in [0.717, 1.165) is 0 Å². The molecule has 0 bridgehead atoms. The summed E-state index contributed by atoms with van der Waals surface area (Å²) in [5.74, 6) is -0.894. The van der Waals surface area contributed by atoms with E-state index in [1.165, 1.54) is 16.4 Å². The fourth-order valence-corrected chi connectivity index (χ4v) is 4.52. The van der Waals surface area contributed by atoms with Gasteiger partial charge in [-0.2, -0.15) is 4.31 Å². The van der Waals surface area contributed by atoms with Crippen molar-refractivity contribution in [3.8, 4) is 0 Å². The predicted molar refractivity (Wildman–Crippen MR) is 101 cm³/mol. The minimum absolute atomic E-state index is 0.158. The smallest absolute Gasteiger partial charge is 0.374 e. The summed E-state index contributed by atoms with van der Waals surface area (Å²) in [6.07, 6.45) is 0.722. The Kier molecular flexibility index (Phi) is 6.08. The average Bonchev–Trinajstić information content (AvgIpc) is 3.32. The lowest BCUT2D eigenvalue weighted by Gasteiger charge is -2.29. The molecule has 1 N–H and O–H groups in total. The molecule has 1 aliphatic rings. The molecule has 0 atom stereocenters. The lowest BCUT2D eigenvalue weighted by Crippen LogP contribution is -2.41. The number of anilines is 1. The second-order valence-corrected chi connectivity index (χ2v) is 8.57. The van der Waals surface area contributed by atoms with Crippen LogP contribution in [-0.2, 0) is 19.6 Å². The molecular weight excluding hydrogens is 402 g/mol. The number of esters is 1. The van der Waals surface area contributed by atoms with Gasteiger partial charge in [0.1, 0.15) is 11.4 Å². The Balaban J connectivity index is 1.62. The highest BCUT2D eigenvalue weighted by molar-refractivity contribution is 7.89. The Bertz CT molecular complexity index is 981. The van der Waals surface area contributed by atoms with Gasteiger partial charge in [0, 0.05) is 19.0 Å². The zero-order valence-corrected chi connectivity index (χ0v) is 17.2. The Morgan fingerprint density at radius 3 is 2.55 bits per heavy atom. The van der Waals surface area contributed by atoms with E-state index in [0.29, 0.717) is 30.0 Å². The Morgan fingerprint density at radius 2 is 1.97 bits per heavy atom. The second kappa shape index (κ2) is 8.37. The van der Waals surface area contributed by atoms with Gasteiger partial charge in [0.05, 0.1) is 6.61 Å². The van der Waals surface area contributed by atoms with Crippen LogP contribution in [0.5, 0.6) is 0 Å². The van der Waals surface area contributed by atoms with Crippen molar-refractivity contribution in [3.05, 3.63) is 29.3 Å². The fraction of sp³-hybridized carbons (Fsp3) is 0.500. The molecule has 0 aliphatic carbocycles. The fourth-order valence-electron chi connectivity index (χ4n) is 3.14. The molecule has 1 aliphatic heterocycles. The summed E-state index contributed by atoms with van der Waals surface area (Å²) in [5, 5.41) is 6.29. The summed E-state index contributed by atoms with van der Waals surface area (Å²) in [6, 6.07) is 2.51. The highest BCUT2D eigenvalue weighted by Crippen LogP contribution is 2.27. The van der Waals surface area contributed by atoms with Crippen LogP contribution in [0.2, 0.25) is 0 Å². The van der Waals surface area contributed by atoms with Crippen molar-refractivity contribution >= 4 is 27.6 Å². The van der Waals surface area contributed by atoms with Gasteiger partial charge < -0.3 is 19.0 Å².